The fourth-order valence-electron chi connectivity index (χ4n) is 5.93. The summed E-state index contributed by atoms with van der Waals surface area (Å²) in [7, 11) is 0. The Kier molecular flexibility index (Phi) is 2.96. The number of benzene rings is 1. The number of hydrogen-bond donors (Lipinski definition) is 1. The van der Waals surface area contributed by atoms with Crippen LogP contribution in [-0.2, 0) is 6.42 Å². The standard InChI is InChI=1S/C19H26O/c1-19-11-10-16-15-5-3-2-4-13(15)6-8-17(16)18(19)9-7-14(19)12-20/h2-5,14,16-18,20H,6-12H2,1H3/t14?,16-,17-,18+,19-/m1/s1. The van der Waals surface area contributed by atoms with Crippen molar-refractivity contribution in [2.24, 2.45) is 23.2 Å². The Bertz CT molecular complexity index is 508. The van der Waals surface area contributed by atoms with Crippen molar-refractivity contribution < 1.29 is 5.11 Å². The van der Waals surface area contributed by atoms with Crippen LogP contribution in [-0.4, -0.2) is 11.7 Å². The first-order chi connectivity index (χ1) is 9.74. The maximum Gasteiger partial charge on any atom is 0.0464 e. The van der Waals surface area contributed by atoms with Gasteiger partial charge in [0.15, 0.2) is 0 Å². The number of aliphatic hydroxyl groups excluding tert-OH is 1. The van der Waals surface area contributed by atoms with Crippen LogP contribution in [0.3, 0.4) is 0 Å². The average Bonchev–Trinajstić information content (AvgIpc) is 2.83. The van der Waals surface area contributed by atoms with E-state index >= 15 is 0 Å². The van der Waals surface area contributed by atoms with Crippen LogP contribution in [0.25, 0.3) is 0 Å². The predicted octanol–water partition coefficient (Wildman–Crippen LogP) is 4.15. The Morgan fingerprint density at radius 2 is 2.00 bits per heavy atom. The van der Waals surface area contributed by atoms with Crippen molar-refractivity contribution in [3.63, 3.8) is 0 Å². The van der Waals surface area contributed by atoms with E-state index in [0.717, 1.165) is 17.8 Å². The molecule has 0 bridgehead atoms. The molecule has 1 aromatic rings. The molecule has 3 aliphatic rings. The first-order valence-electron chi connectivity index (χ1n) is 8.42. The molecule has 5 atom stereocenters. The summed E-state index contributed by atoms with van der Waals surface area (Å²) >= 11 is 0. The zero-order valence-electron chi connectivity index (χ0n) is 12.5. The maximum absolute atomic E-state index is 9.72. The molecule has 3 aliphatic carbocycles. The molecule has 1 N–H and O–H groups in total. The highest BCUT2D eigenvalue weighted by atomic mass is 16.3. The van der Waals surface area contributed by atoms with E-state index < -0.39 is 0 Å². The van der Waals surface area contributed by atoms with E-state index in [1.165, 1.54) is 38.5 Å². The lowest BCUT2D eigenvalue weighted by Gasteiger charge is -2.50. The summed E-state index contributed by atoms with van der Waals surface area (Å²) in [6, 6.07) is 9.14. The minimum Gasteiger partial charge on any atom is -0.396 e. The van der Waals surface area contributed by atoms with Gasteiger partial charge in [0.2, 0.25) is 0 Å². The monoisotopic (exact) mass is 270 g/mol. The van der Waals surface area contributed by atoms with Crippen molar-refractivity contribution in [3.05, 3.63) is 35.4 Å². The van der Waals surface area contributed by atoms with E-state index in [4.69, 9.17) is 0 Å². The summed E-state index contributed by atoms with van der Waals surface area (Å²) in [5.41, 5.74) is 3.68. The summed E-state index contributed by atoms with van der Waals surface area (Å²) in [6.45, 7) is 2.88. The van der Waals surface area contributed by atoms with Crippen LogP contribution < -0.4 is 0 Å². The van der Waals surface area contributed by atoms with Crippen LogP contribution in [0.5, 0.6) is 0 Å². The van der Waals surface area contributed by atoms with Gasteiger partial charge in [-0.2, -0.15) is 0 Å². The lowest BCUT2D eigenvalue weighted by atomic mass is 9.54. The minimum absolute atomic E-state index is 0.404. The zero-order chi connectivity index (χ0) is 13.7. The Morgan fingerprint density at radius 1 is 1.15 bits per heavy atom. The molecule has 1 nitrogen and oxygen atoms in total. The highest BCUT2D eigenvalue weighted by molar-refractivity contribution is 5.34. The molecular weight excluding hydrogens is 244 g/mol. The lowest BCUT2D eigenvalue weighted by Crippen LogP contribution is -2.43. The van der Waals surface area contributed by atoms with Gasteiger partial charge in [0.05, 0.1) is 0 Å². The third kappa shape index (κ3) is 1.65. The van der Waals surface area contributed by atoms with E-state index in [1.807, 2.05) is 0 Å². The largest absolute Gasteiger partial charge is 0.396 e. The number of rotatable bonds is 1. The molecule has 1 aromatic carbocycles. The molecule has 0 saturated heterocycles. The van der Waals surface area contributed by atoms with E-state index in [1.54, 1.807) is 11.1 Å². The second kappa shape index (κ2) is 4.59. The number of hydrogen-bond acceptors (Lipinski definition) is 1. The van der Waals surface area contributed by atoms with Gasteiger partial charge in [-0.15, -0.1) is 0 Å². The van der Waals surface area contributed by atoms with Crippen LogP contribution in [0.15, 0.2) is 24.3 Å². The normalized spacial score (nSPS) is 42.7. The van der Waals surface area contributed by atoms with Gasteiger partial charge >= 0.3 is 0 Å². The molecular formula is C19H26O. The molecule has 0 spiro atoms. The maximum atomic E-state index is 9.72. The number of aliphatic hydroxyl groups is 1. The van der Waals surface area contributed by atoms with Gasteiger partial charge in [0.25, 0.3) is 0 Å². The average molecular weight is 270 g/mol. The second-order valence-electron chi connectivity index (χ2n) is 7.62. The molecule has 0 aliphatic heterocycles. The van der Waals surface area contributed by atoms with E-state index in [-0.39, 0.29) is 0 Å². The van der Waals surface area contributed by atoms with Crippen LogP contribution >= 0.6 is 0 Å². The fraction of sp³-hybridized carbons (Fsp3) is 0.684. The van der Waals surface area contributed by atoms with Crippen LogP contribution in [0.1, 0.15) is 56.1 Å². The Labute approximate surface area is 122 Å². The summed E-state index contributed by atoms with van der Waals surface area (Å²) in [5, 5.41) is 9.72. The molecule has 2 fully saturated rings. The summed E-state index contributed by atoms with van der Waals surface area (Å²) in [5.74, 6) is 3.09. The molecule has 2 saturated carbocycles. The number of fused-ring (bicyclic) bond motifs is 5. The quantitative estimate of drug-likeness (QED) is 0.812. The van der Waals surface area contributed by atoms with Crippen LogP contribution in [0.2, 0.25) is 0 Å². The van der Waals surface area contributed by atoms with Gasteiger partial charge < -0.3 is 5.11 Å². The SMILES string of the molecule is C[C@]12CC[C@@H]3c4ccccc4CC[C@H]3[C@@H]1CCC2CO. The van der Waals surface area contributed by atoms with Crippen molar-refractivity contribution in [1.82, 2.24) is 0 Å². The summed E-state index contributed by atoms with van der Waals surface area (Å²) < 4.78 is 0. The molecule has 0 radical (unpaired) electrons. The zero-order valence-corrected chi connectivity index (χ0v) is 12.5. The predicted molar refractivity (Wildman–Crippen MR) is 81.6 cm³/mol. The highest BCUT2D eigenvalue weighted by Crippen LogP contribution is 2.62. The smallest absolute Gasteiger partial charge is 0.0464 e. The molecule has 4 rings (SSSR count). The van der Waals surface area contributed by atoms with Gasteiger partial charge in [0.1, 0.15) is 0 Å². The Balaban J connectivity index is 1.69. The first-order valence-corrected chi connectivity index (χ1v) is 8.42. The molecule has 0 heterocycles. The molecule has 20 heavy (non-hydrogen) atoms. The number of aryl methyl sites for hydroxylation is 1. The highest BCUT2D eigenvalue weighted by Gasteiger charge is 2.54. The summed E-state index contributed by atoms with van der Waals surface area (Å²) in [4.78, 5) is 0. The van der Waals surface area contributed by atoms with Crippen molar-refractivity contribution in [2.75, 3.05) is 6.61 Å². The minimum atomic E-state index is 0.404. The Hall–Kier alpha value is -0.820. The third-order valence-corrected chi connectivity index (χ3v) is 7.06. The third-order valence-electron chi connectivity index (χ3n) is 7.06. The summed E-state index contributed by atoms with van der Waals surface area (Å²) in [6.07, 6.45) is 7.91. The fourth-order valence-corrected chi connectivity index (χ4v) is 5.93. The molecule has 0 aromatic heterocycles. The van der Waals surface area contributed by atoms with Crippen molar-refractivity contribution >= 4 is 0 Å². The lowest BCUT2D eigenvalue weighted by molar-refractivity contribution is 0.00958. The molecule has 1 unspecified atom stereocenters. The van der Waals surface area contributed by atoms with Gasteiger partial charge in [-0.05, 0) is 78.7 Å². The van der Waals surface area contributed by atoms with Crippen LogP contribution in [0, 0.1) is 23.2 Å². The van der Waals surface area contributed by atoms with Gasteiger partial charge in [0, 0.05) is 6.61 Å². The molecule has 108 valence electrons. The van der Waals surface area contributed by atoms with Crippen molar-refractivity contribution in [2.45, 2.75) is 51.4 Å². The van der Waals surface area contributed by atoms with Gasteiger partial charge in [-0.3, -0.25) is 0 Å². The van der Waals surface area contributed by atoms with Crippen LogP contribution in [0.4, 0.5) is 0 Å². The van der Waals surface area contributed by atoms with Gasteiger partial charge in [-0.25, -0.2) is 0 Å². The van der Waals surface area contributed by atoms with E-state index in [9.17, 15) is 5.11 Å². The van der Waals surface area contributed by atoms with Crippen molar-refractivity contribution in [1.29, 1.82) is 0 Å². The Morgan fingerprint density at radius 3 is 2.85 bits per heavy atom. The first kappa shape index (κ1) is 12.9. The van der Waals surface area contributed by atoms with Gasteiger partial charge in [-0.1, -0.05) is 31.2 Å². The molecule has 1 heteroatoms. The van der Waals surface area contributed by atoms with Crippen molar-refractivity contribution in [3.8, 4) is 0 Å². The second-order valence-corrected chi connectivity index (χ2v) is 7.62. The van der Waals surface area contributed by atoms with E-state index in [0.29, 0.717) is 17.9 Å². The van der Waals surface area contributed by atoms with E-state index in [2.05, 4.69) is 31.2 Å². The topological polar surface area (TPSA) is 20.2 Å². The molecule has 0 amide bonds.